The Labute approximate surface area is 299 Å². The first-order valence-electron chi connectivity index (χ1n) is 17.0. The highest BCUT2D eigenvalue weighted by molar-refractivity contribution is 7.26. The second-order valence-corrected chi connectivity index (χ2v) is 15.0. The maximum atomic E-state index is 2.41. The SMILES string of the molecule is c1ccc(-c2ccc(-c3ccc(-c4cc(-c5ccc6c(c5)sc5ccccc56)c5c(c4)sc4ccccc45)cc3)c(-c3ccccc3)c2)cc1. The van der Waals surface area contributed by atoms with Gasteiger partial charge in [0.05, 0.1) is 0 Å². The van der Waals surface area contributed by atoms with E-state index < -0.39 is 0 Å². The summed E-state index contributed by atoms with van der Waals surface area (Å²) in [5, 5.41) is 5.34. The van der Waals surface area contributed by atoms with Gasteiger partial charge in [0, 0.05) is 40.3 Å². The van der Waals surface area contributed by atoms with Crippen molar-refractivity contribution in [3.63, 3.8) is 0 Å². The Morgan fingerprint density at radius 1 is 0.240 bits per heavy atom. The highest BCUT2D eigenvalue weighted by Gasteiger charge is 2.16. The van der Waals surface area contributed by atoms with Gasteiger partial charge in [-0.3, -0.25) is 0 Å². The van der Waals surface area contributed by atoms with Gasteiger partial charge in [-0.1, -0.05) is 146 Å². The van der Waals surface area contributed by atoms with Crippen molar-refractivity contribution in [3.05, 3.63) is 182 Å². The zero-order valence-electron chi connectivity index (χ0n) is 27.1. The van der Waals surface area contributed by atoms with Crippen molar-refractivity contribution < 1.29 is 0 Å². The van der Waals surface area contributed by atoms with Crippen LogP contribution < -0.4 is 0 Å². The third-order valence-electron chi connectivity index (χ3n) is 9.91. The fourth-order valence-electron chi connectivity index (χ4n) is 7.45. The summed E-state index contributed by atoms with van der Waals surface area (Å²) in [6.07, 6.45) is 0. The summed E-state index contributed by atoms with van der Waals surface area (Å²) < 4.78 is 5.32. The summed E-state index contributed by atoms with van der Waals surface area (Å²) >= 11 is 3.77. The summed E-state index contributed by atoms with van der Waals surface area (Å²) in [6.45, 7) is 0. The van der Waals surface area contributed by atoms with E-state index in [0.717, 1.165) is 0 Å². The maximum Gasteiger partial charge on any atom is 0.0367 e. The van der Waals surface area contributed by atoms with Crippen molar-refractivity contribution in [1.29, 1.82) is 0 Å². The minimum absolute atomic E-state index is 1.21. The van der Waals surface area contributed by atoms with Crippen LogP contribution in [0.2, 0.25) is 0 Å². The monoisotopic (exact) mass is 670 g/mol. The number of hydrogen-bond acceptors (Lipinski definition) is 2. The normalized spacial score (nSPS) is 11.6. The van der Waals surface area contributed by atoms with E-state index in [1.165, 1.54) is 96.0 Å². The third kappa shape index (κ3) is 4.96. The lowest BCUT2D eigenvalue weighted by atomic mass is 9.90. The van der Waals surface area contributed by atoms with Gasteiger partial charge >= 0.3 is 0 Å². The molecule has 0 atom stereocenters. The molecule has 0 N–H and O–H groups in total. The van der Waals surface area contributed by atoms with E-state index in [9.17, 15) is 0 Å². The molecular weight excluding hydrogens is 641 g/mol. The lowest BCUT2D eigenvalue weighted by molar-refractivity contribution is 1.56. The maximum absolute atomic E-state index is 2.41. The fourth-order valence-corrected chi connectivity index (χ4v) is 9.76. The molecule has 0 unspecified atom stereocenters. The summed E-state index contributed by atoms with van der Waals surface area (Å²) in [7, 11) is 0. The Morgan fingerprint density at radius 3 is 1.52 bits per heavy atom. The predicted molar refractivity (Wildman–Crippen MR) is 219 cm³/mol. The minimum atomic E-state index is 1.21. The van der Waals surface area contributed by atoms with Gasteiger partial charge in [-0.2, -0.15) is 0 Å². The van der Waals surface area contributed by atoms with E-state index in [-0.39, 0.29) is 0 Å². The molecule has 0 aliphatic heterocycles. The Balaban J connectivity index is 1.10. The van der Waals surface area contributed by atoms with Crippen LogP contribution in [0.1, 0.15) is 0 Å². The van der Waals surface area contributed by atoms with Crippen molar-refractivity contribution in [3.8, 4) is 55.6 Å². The zero-order valence-corrected chi connectivity index (χ0v) is 28.8. The topological polar surface area (TPSA) is 0 Å². The molecule has 10 aromatic rings. The van der Waals surface area contributed by atoms with Crippen LogP contribution in [0.4, 0.5) is 0 Å². The predicted octanol–water partition coefficient (Wildman–Crippen LogP) is 14.8. The molecule has 0 saturated heterocycles. The lowest BCUT2D eigenvalue weighted by Crippen LogP contribution is -1.88. The molecule has 234 valence electrons. The van der Waals surface area contributed by atoms with Crippen LogP contribution in [0.15, 0.2) is 182 Å². The van der Waals surface area contributed by atoms with Crippen LogP contribution in [0.3, 0.4) is 0 Å². The Kier molecular flexibility index (Phi) is 6.97. The second kappa shape index (κ2) is 12.0. The second-order valence-electron chi connectivity index (χ2n) is 12.9. The minimum Gasteiger partial charge on any atom is -0.135 e. The Morgan fingerprint density at radius 2 is 0.740 bits per heavy atom. The molecule has 0 nitrogen and oxygen atoms in total. The molecule has 2 heteroatoms. The molecule has 0 aliphatic carbocycles. The van der Waals surface area contributed by atoms with Crippen molar-refractivity contribution >= 4 is 63.0 Å². The molecular formula is C48H30S2. The highest BCUT2D eigenvalue weighted by atomic mass is 32.1. The van der Waals surface area contributed by atoms with E-state index in [1.54, 1.807) is 0 Å². The van der Waals surface area contributed by atoms with Gasteiger partial charge in [0.1, 0.15) is 0 Å². The summed E-state index contributed by atoms with van der Waals surface area (Å²) in [5.41, 5.74) is 12.4. The number of thiophene rings is 2. The average Bonchev–Trinajstić information content (AvgIpc) is 3.76. The van der Waals surface area contributed by atoms with Crippen molar-refractivity contribution in [1.82, 2.24) is 0 Å². The van der Waals surface area contributed by atoms with E-state index in [1.807, 2.05) is 22.7 Å². The van der Waals surface area contributed by atoms with Crippen LogP contribution in [-0.4, -0.2) is 0 Å². The molecule has 2 heterocycles. The van der Waals surface area contributed by atoms with Gasteiger partial charge in [0.25, 0.3) is 0 Å². The molecule has 10 rings (SSSR count). The Hall–Kier alpha value is -5.80. The average molecular weight is 671 g/mol. The van der Waals surface area contributed by atoms with Crippen molar-refractivity contribution in [2.75, 3.05) is 0 Å². The standard InChI is InChI=1S/C48H30S2/c1-3-11-31(12-4-1)35-23-25-38(42(27-35)33-13-5-2-6-14-33)34-21-19-32(20-22-34)37-28-43(48-41-16-8-10-18-45(41)50-47(48)30-37)36-24-26-40-39-15-7-9-17-44(39)49-46(40)29-36/h1-30H. The number of hydrogen-bond donors (Lipinski definition) is 0. The van der Waals surface area contributed by atoms with E-state index in [2.05, 4.69) is 182 Å². The van der Waals surface area contributed by atoms with Crippen LogP contribution in [-0.2, 0) is 0 Å². The van der Waals surface area contributed by atoms with E-state index in [0.29, 0.717) is 0 Å². The van der Waals surface area contributed by atoms with E-state index >= 15 is 0 Å². The van der Waals surface area contributed by atoms with Crippen LogP contribution in [0, 0.1) is 0 Å². The van der Waals surface area contributed by atoms with Gasteiger partial charge in [-0.25, -0.2) is 0 Å². The van der Waals surface area contributed by atoms with Crippen molar-refractivity contribution in [2.45, 2.75) is 0 Å². The molecule has 0 amide bonds. The molecule has 0 radical (unpaired) electrons. The van der Waals surface area contributed by atoms with Gasteiger partial charge in [-0.15, -0.1) is 22.7 Å². The number of fused-ring (bicyclic) bond motifs is 6. The largest absolute Gasteiger partial charge is 0.135 e. The Bertz CT molecular complexity index is 2840. The van der Waals surface area contributed by atoms with Gasteiger partial charge in [-0.05, 0) is 92.0 Å². The summed E-state index contributed by atoms with van der Waals surface area (Å²) in [4.78, 5) is 0. The first kappa shape index (κ1) is 29.1. The third-order valence-corrected chi connectivity index (χ3v) is 12.2. The summed E-state index contributed by atoms with van der Waals surface area (Å²) in [6, 6.07) is 66.9. The molecule has 0 saturated carbocycles. The number of benzene rings is 8. The molecule has 0 spiro atoms. The first-order chi connectivity index (χ1) is 24.8. The van der Waals surface area contributed by atoms with Crippen LogP contribution in [0.25, 0.3) is 96.0 Å². The molecule has 0 bridgehead atoms. The van der Waals surface area contributed by atoms with Gasteiger partial charge in [0.15, 0.2) is 0 Å². The fraction of sp³-hybridized carbons (Fsp3) is 0. The zero-order chi connectivity index (χ0) is 33.0. The molecule has 50 heavy (non-hydrogen) atoms. The number of rotatable bonds is 5. The smallest absolute Gasteiger partial charge is 0.0367 e. The van der Waals surface area contributed by atoms with E-state index in [4.69, 9.17) is 0 Å². The van der Waals surface area contributed by atoms with Crippen molar-refractivity contribution in [2.24, 2.45) is 0 Å². The molecule has 0 aliphatic rings. The van der Waals surface area contributed by atoms with Crippen LogP contribution >= 0.6 is 22.7 Å². The summed E-state index contributed by atoms with van der Waals surface area (Å²) in [5.74, 6) is 0. The lowest BCUT2D eigenvalue weighted by Gasteiger charge is -2.14. The first-order valence-corrected chi connectivity index (χ1v) is 18.6. The molecule has 8 aromatic carbocycles. The van der Waals surface area contributed by atoms with Gasteiger partial charge < -0.3 is 0 Å². The van der Waals surface area contributed by atoms with Gasteiger partial charge in [0.2, 0.25) is 0 Å². The highest BCUT2D eigenvalue weighted by Crippen LogP contribution is 2.45. The van der Waals surface area contributed by atoms with Crippen LogP contribution in [0.5, 0.6) is 0 Å². The molecule has 0 fully saturated rings. The molecule has 2 aromatic heterocycles. The quantitative estimate of drug-likeness (QED) is 0.171.